The summed E-state index contributed by atoms with van der Waals surface area (Å²) in [6.07, 6.45) is 1.54. The van der Waals surface area contributed by atoms with Crippen LogP contribution in [0.5, 0.6) is 5.75 Å². The predicted octanol–water partition coefficient (Wildman–Crippen LogP) is 2.34. The van der Waals surface area contributed by atoms with Gasteiger partial charge in [-0.15, -0.1) is 11.3 Å². The maximum atomic E-state index is 12.7. The third-order valence-corrected chi connectivity index (χ3v) is 7.56. The molecule has 0 saturated carbocycles. The predicted molar refractivity (Wildman–Crippen MR) is 96.6 cm³/mol. The standard InChI is InChI=1S/C17H20N2O4S2/c1-23-15-8-6-13(7-9-15)17(20)18-12-14-4-2-10-19(14)25(21,22)16-5-3-11-24-16/h3,5-9,11,14H,2,4,10,12H2,1H3,(H,18,20)/t14-/m0/s1. The Morgan fingerprint density at radius 1 is 1.32 bits per heavy atom. The SMILES string of the molecule is COc1ccc(C(=O)NC[C@@H]2CCCN2S(=O)(=O)c2cccs2)cc1. The molecule has 2 aromatic rings. The van der Waals surface area contributed by atoms with E-state index in [1.165, 1.54) is 15.6 Å². The Kier molecular flexibility index (Phi) is 5.41. The molecule has 0 unspecified atom stereocenters. The van der Waals surface area contributed by atoms with Gasteiger partial charge in [-0.25, -0.2) is 8.42 Å². The normalized spacial score (nSPS) is 18.2. The van der Waals surface area contributed by atoms with E-state index in [-0.39, 0.29) is 11.9 Å². The minimum absolute atomic E-state index is 0.214. The van der Waals surface area contributed by atoms with Crippen LogP contribution in [0.25, 0.3) is 0 Å². The van der Waals surface area contributed by atoms with E-state index in [9.17, 15) is 13.2 Å². The lowest BCUT2D eigenvalue weighted by Crippen LogP contribution is -2.42. The van der Waals surface area contributed by atoms with Crippen molar-refractivity contribution in [1.82, 2.24) is 9.62 Å². The van der Waals surface area contributed by atoms with E-state index in [0.717, 1.165) is 12.8 Å². The third-order valence-electron chi connectivity index (χ3n) is 4.23. The summed E-state index contributed by atoms with van der Waals surface area (Å²) < 4.78 is 32.3. The van der Waals surface area contributed by atoms with Crippen LogP contribution in [0, 0.1) is 0 Å². The van der Waals surface area contributed by atoms with Crippen molar-refractivity contribution in [2.24, 2.45) is 0 Å². The molecule has 1 aliphatic rings. The summed E-state index contributed by atoms with van der Waals surface area (Å²) in [6.45, 7) is 0.790. The van der Waals surface area contributed by atoms with Gasteiger partial charge in [0, 0.05) is 24.7 Å². The van der Waals surface area contributed by atoms with E-state index in [4.69, 9.17) is 4.74 Å². The van der Waals surface area contributed by atoms with E-state index in [1.807, 2.05) is 0 Å². The van der Waals surface area contributed by atoms with Gasteiger partial charge in [-0.1, -0.05) is 6.07 Å². The van der Waals surface area contributed by atoms with Crippen molar-refractivity contribution in [1.29, 1.82) is 0 Å². The Morgan fingerprint density at radius 2 is 2.08 bits per heavy atom. The summed E-state index contributed by atoms with van der Waals surface area (Å²) in [5.74, 6) is 0.462. The molecular formula is C17H20N2O4S2. The highest BCUT2D eigenvalue weighted by atomic mass is 32.2. The summed E-state index contributed by atoms with van der Waals surface area (Å²) in [4.78, 5) is 12.3. The van der Waals surface area contributed by atoms with Crippen molar-refractivity contribution in [3.8, 4) is 5.75 Å². The van der Waals surface area contributed by atoms with Crippen LogP contribution in [0.15, 0.2) is 46.0 Å². The van der Waals surface area contributed by atoms with Gasteiger partial charge in [-0.05, 0) is 48.6 Å². The highest BCUT2D eigenvalue weighted by Crippen LogP contribution is 2.28. The molecule has 1 saturated heterocycles. The second-order valence-electron chi connectivity index (χ2n) is 5.78. The fourth-order valence-electron chi connectivity index (χ4n) is 2.91. The number of carbonyl (C=O) groups is 1. The van der Waals surface area contributed by atoms with Gasteiger partial charge in [0.05, 0.1) is 7.11 Å². The number of hydrogen-bond acceptors (Lipinski definition) is 5. The Bertz CT molecular complexity index is 817. The Morgan fingerprint density at radius 3 is 2.72 bits per heavy atom. The number of carbonyl (C=O) groups excluding carboxylic acids is 1. The first-order valence-electron chi connectivity index (χ1n) is 8.00. The first kappa shape index (κ1) is 17.9. The number of methoxy groups -OCH3 is 1. The summed E-state index contributed by atoms with van der Waals surface area (Å²) in [5, 5.41) is 4.60. The van der Waals surface area contributed by atoms with Crippen LogP contribution in [0.4, 0.5) is 0 Å². The molecule has 0 bridgehead atoms. The first-order chi connectivity index (χ1) is 12.0. The highest BCUT2D eigenvalue weighted by Gasteiger charge is 2.35. The molecule has 1 fully saturated rings. The number of ether oxygens (including phenoxy) is 1. The van der Waals surface area contributed by atoms with Gasteiger partial charge in [-0.2, -0.15) is 4.31 Å². The summed E-state index contributed by atoms with van der Waals surface area (Å²) in [7, 11) is -1.91. The minimum Gasteiger partial charge on any atom is -0.497 e. The van der Waals surface area contributed by atoms with Crippen LogP contribution in [0.2, 0.25) is 0 Å². The minimum atomic E-state index is -3.48. The molecular weight excluding hydrogens is 360 g/mol. The van der Waals surface area contributed by atoms with Crippen LogP contribution >= 0.6 is 11.3 Å². The molecule has 1 atom stereocenters. The molecule has 3 rings (SSSR count). The summed E-state index contributed by atoms with van der Waals surface area (Å²) in [6, 6.07) is 9.94. The van der Waals surface area contributed by atoms with Crippen molar-refractivity contribution < 1.29 is 17.9 Å². The topological polar surface area (TPSA) is 75.7 Å². The molecule has 8 heteroatoms. The zero-order chi connectivity index (χ0) is 17.9. The lowest BCUT2D eigenvalue weighted by molar-refractivity contribution is 0.0946. The van der Waals surface area contributed by atoms with E-state index >= 15 is 0 Å². The van der Waals surface area contributed by atoms with Gasteiger partial charge in [0.2, 0.25) is 0 Å². The quantitative estimate of drug-likeness (QED) is 0.835. The lowest BCUT2D eigenvalue weighted by Gasteiger charge is -2.23. The molecule has 1 N–H and O–H groups in total. The van der Waals surface area contributed by atoms with Gasteiger partial charge in [0.25, 0.3) is 15.9 Å². The van der Waals surface area contributed by atoms with Gasteiger partial charge in [0.15, 0.2) is 0 Å². The number of nitrogens with one attached hydrogen (secondary N) is 1. The number of thiophene rings is 1. The van der Waals surface area contributed by atoms with Crippen molar-refractivity contribution in [3.63, 3.8) is 0 Å². The fourth-order valence-corrected chi connectivity index (χ4v) is 5.72. The highest BCUT2D eigenvalue weighted by molar-refractivity contribution is 7.91. The summed E-state index contributed by atoms with van der Waals surface area (Å²) >= 11 is 1.21. The Balaban J connectivity index is 1.64. The van der Waals surface area contributed by atoms with Gasteiger partial charge in [0.1, 0.15) is 9.96 Å². The van der Waals surface area contributed by atoms with Crippen LogP contribution in [-0.2, 0) is 10.0 Å². The largest absolute Gasteiger partial charge is 0.497 e. The van der Waals surface area contributed by atoms with Crippen LogP contribution in [-0.4, -0.2) is 44.9 Å². The van der Waals surface area contributed by atoms with Gasteiger partial charge < -0.3 is 10.1 Å². The average molecular weight is 380 g/mol. The maximum absolute atomic E-state index is 12.7. The van der Waals surface area contributed by atoms with E-state index in [0.29, 0.717) is 28.6 Å². The van der Waals surface area contributed by atoms with Crippen LogP contribution < -0.4 is 10.1 Å². The molecule has 6 nitrogen and oxygen atoms in total. The van der Waals surface area contributed by atoms with Crippen molar-refractivity contribution in [2.45, 2.75) is 23.1 Å². The first-order valence-corrected chi connectivity index (χ1v) is 10.3. The molecule has 0 aliphatic carbocycles. The Hall–Kier alpha value is -1.90. The molecule has 2 heterocycles. The number of hydrogen-bond donors (Lipinski definition) is 1. The molecule has 1 aliphatic heterocycles. The molecule has 1 amide bonds. The van der Waals surface area contributed by atoms with E-state index in [2.05, 4.69) is 5.32 Å². The molecule has 1 aromatic carbocycles. The van der Waals surface area contributed by atoms with Crippen molar-refractivity contribution in [2.75, 3.05) is 20.2 Å². The smallest absolute Gasteiger partial charge is 0.252 e. The number of sulfonamides is 1. The third kappa shape index (κ3) is 3.86. The van der Waals surface area contributed by atoms with Gasteiger partial charge in [-0.3, -0.25) is 4.79 Å². The second kappa shape index (κ2) is 7.55. The zero-order valence-electron chi connectivity index (χ0n) is 13.8. The molecule has 0 spiro atoms. The molecule has 0 radical (unpaired) electrons. The van der Waals surface area contributed by atoms with E-state index in [1.54, 1.807) is 48.9 Å². The monoisotopic (exact) mass is 380 g/mol. The van der Waals surface area contributed by atoms with Crippen LogP contribution in [0.3, 0.4) is 0 Å². The second-order valence-corrected chi connectivity index (χ2v) is 8.85. The Labute approximate surface area is 151 Å². The lowest BCUT2D eigenvalue weighted by atomic mass is 10.2. The number of benzene rings is 1. The fraction of sp³-hybridized carbons (Fsp3) is 0.353. The van der Waals surface area contributed by atoms with E-state index < -0.39 is 10.0 Å². The molecule has 1 aromatic heterocycles. The maximum Gasteiger partial charge on any atom is 0.252 e. The van der Waals surface area contributed by atoms with Gasteiger partial charge >= 0.3 is 0 Å². The summed E-state index contributed by atoms with van der Waals surface area (Å²) in [5.41, 5.74) is 0.520. The number of nitrogens with zero attached hydrogens (tertiary/aromatic N) is 1. The van der Waals surface area contributed by atoms with Crippen molar-refractivity contribution >= 4 is 27.3 Å². The van der Waals surface area contributed by atoms with Crippen LogP contribution in [0.1, 0.15) is 23.2 Å². The average Bonchev–Trinajstić information content (AvgIpc) is 3.31. The van der Waals surface area contributed by atoms with Crippen molar-refractivity contribution in [3.05, 3.63) is 47.3 Å². The molecule has 134 valence electrons. The molecule has 25 heavy (non-hydrogen) atoms. The number of rotatable bonds is 6. The zero-order valence-corrected chi connectivity index (χ0v) is 15.5. The number of amides is 1.